The lowest BCUT2D eigenvalue weighted by Crippen LogP contribution is -2.23. The zero-order valence-electron chi connectivity index (χ0n) is 19.5. The second-order valence-electron chi connectivity index (χ2n) is 7.73. The fourth-order valence-electron chi connectivity index (χ4n) is 3.82. The third-order valence-corrected chi connectivity index (χ3v) is 7.43. The maximum Gasteiger partial charge on any atom is 0.262 e. The number of hydrogen-bond acceptors (Lipinski definition) is 8. The summed E-state index contributed by atoms with van der Waals surface area (Å²) >= 11 is 3.09. The van der Waals surface area contributed by atoms with Gasteiger partial charge in [0, 0.05) is 10.6 Å². The number of rotatable bonds is 8. The zero-order chi connectivity index (χ0) is 24.4. The highest BCUT2D eigenvalue weighted by Gasteiger charge is 2.19. The van der Waals surface area contributed by atoms with Gasteiger partial charge >= 0.3 is 0 Å². The van der Waals surface area contributed by atoms with Crippen LogP contribution in [0.15, 0.2) is 74.3 Å². The highest BCUT2D eigenvalue weighted by Crippen LogP contribution is 2.38. The summed E-state index contributed by atoms with van der Waals surface area (Å²) in [5.41, 5.74) is 2.12. The van der Waals surface area contributed by atoms with E-state index in [1.165, 1.54) is 11.8 Å². The van der Waals surface area contributed by atoms with Crippen molar-refractivity contribution in [1.29, 1.82) is 0 Å². The van der Waals surface area contributed by atoms with Crippen LogP contribution in [0.25, 0.3) is 22.4 Å². The van der Waals surface area contributed by atoms with Gasteiger partial charge in [-0.2, -0.15) is 0 Å². The Morgan fingerprint density at radius 3 is 2.66 bits per heavy atom. The number of nitrogens with zero attached hydrogens (tertiary/aromatic N) is 3. The molecule has 0 aliphatic heterocycles. The lowest BCUT2D eigenvalue weighted by molar-refractivity contribution is 0.355. The van der Waals surface area contributed by atoms with Gasteiger partial charge in [0.1, 0.15) is 5.76 Å². The molecule has 0 bridgehead atoms. The first-order valence-corrected chi connectivity index (χ1v) is 12.8. The minimum absolute atomic E-state index is 0.0508. The molecule has 0 unspecified atom stereocenters. The Kier molecular flexibility index (Phi) is 6.61. The number of thioether (sulfide) groups is 1. The van der Waals surface area contributed by atoms with Crippen LogP contribution in [0, 0.1) is 6.92 Å². The van der Waals surface area contributed by atoms with E-state index < -0.39 is 0 Å². The van der Waals surface area contributed by atoms with Crippen LogP contribution in [0.4, 0.5) is 0 Å². The lowest BCUT2D eigenvalue weighted by atomic mass is 10.2. The molecule has 0 aliphatic rings. The average molecular weight is 506 g/mol. The second kappa shape index (κ2) is 9.97. The van der Waals surface area contributed by atoms with Crippen molar-refractivity contribution in [3.63, 3.8) is 0 Å². The van der Waals surface area contributed by atoms with E-state index in [0.29, 0.717) is 57.1 Å². The number of hydrogen-bond donors (Lipinski definition) is 0. The predicted octanol–water partition coefficient (Wildman–Crippen LogP) is 5.78. The van der Waals surface area contributed by atoms with E-state index in [1.54, 1.807) is 30.1 Å². The quantitative estimate of drug-likeness (QED) is 0.195. The Bertz CT molecular complexity index is 1540. The number of thiophene rings is 1. The number of fused-ring (bicyclic) bond motifs is 1. The first-order valence-electron chi connectivity index (χ1n) is 10.9. The summed E-state index contributed by atoms with van der Waals surface area (Å²) in [6.45, 7) is 2.35. The van der Waals surface area contributed by atoms with E-state index in [1.807, 2.05) is 66.9 Å². The normalized spacial score (nSPS) is 11.2. The topological polar surface area (TPSA) is 79.4 Å². The summed E-state index contributed by atoms with van der Waals surface area (Å²) in [7, 11) is 3.18. The number of oxazole rings is 1. The molecule has 0 N–H and O–H groups in total. The first-order chi connectivity index (χ1) is 17.1. The molecule has 3 aromatic heterocycles. The van der Waals surface area contributed by atoms with Gasteiger partial charge in [-0.05, 0) is 42.6 Å². The van der Waals surface area contributed by atoms with Crippen LogP contribution < -0.4 is 15.0 Å². The summed E-state index contributed by atoms with van der Waals surface area (Å²) in [5.74, 6) is 2.82. The van der Waals surface area contributed by atoms with E-state index in [4.69, 9.17) is 23.9 Å². The molecule has 0 radical (unpaired) electrons. The minimum atomic E-state index is -0.0508. The van der Waals surface area contributed by atoms with Crippen molar-refractivity contribution < 1.29 is 13.9 Å². The maximum absolute atomic E-state index is 13.3. The summed E-state index contributed by atoms with van der Waals surface area (Å²) in [4.78, 5) is 24.0. The van der Waals surface area contributed by atoms with Gasteiger partial charge in [-0.15, -0.1) is 11.3 Å². The van der Waals surface area contributed by atoms with Crippen LogP contribution in [-0.2, 0) is 12.3 Å². The molecule has 0 amide bonds. The van der Waals surface area contributed by atoms with E-state index >= 15 is 0 Å². The van der Waals surface area contributed by atoms with Crippen LogP contribution >= 0.6 is 23.1 Å². The molecule has 0 atom stereocenters. The molecular formula is C26H23N3O4S2. The molecule has 0 spiro atoms. The smallest absolute Gasteiger partial charge is 0.262 e. The van der Waals surface area contributed by atoms with Gasteiger partial charge in [-0.1, -0.05) is 36.0 Å². The van der Waals surface area contributed by atoms with Crippen molar-refractivity contribution in [2.24, 2.45) is 0 Å². The van der Waals surface area contributed by atoms with Crippen LogP contribution in [0.3, 0.4) is 0 Å². The van der Waals surface area contributed by atoms with Gasteiger partial charge in [0.15, 0.2) is 16.7 Å². The van der Waals surface area contributed by atoms with Gasteiger partial charge in [0.2, 0.25) is 5.89 Å². The Morgan fingerprint density at radius 1 is 1.03 bits per heavy atom. The highest BCUT2D eigenvalue weighted by atomic mass is 32.2. The Hall–Kier alpha value is -3.56. The lowest BCUT2D eigenvalue weighted by Gasteiger charge is -2.12. The van der Waals surface area contributed by atoms with Crippen molar-refractivity contribution in [2.75, 3.05) is 14.2 Å². The van der Waals surface area contributed by atoms with Gasteiger partial charge < -0.3 is 13.9 Å². The molecule has 0 saturated heterocycles. The number of aryl methyl sites for hydroxylation is 1. The number of methoxy groups -OCH3 is 2. The van der Waals surface area contributed by atoms with E-state index in [2.05, 4.69) is 0 Å². The predicted molar refractivity (Wildman–Crippen MR) is 139 cm³/mol. The van der Waals surface area contributed by atoms with E-state index in [-0.39, 0.29) is 5.56 Å². The molecule has 0 fully saturated rings. The molecule has 35 heavy (non-hydrogen) atoms. The first kappa shape index (κ1) is 23.2. The molecule has 2 aromatic carbocycles. The Morgan fingerprint density at radius 2 is 1.89 bits per heavy atom. The third kappa shape index (κ3) is 4.56. The SMILES string of the molecule is COc1cccc(-c2nc(CSc3nc4ccccc4c(=O)n3Cc3cccs3)c(C)o2)c1OC. The fourth-order valence-corrected chi connectivity index (χ4v) is 5.51. The van der Waals surface area contributed by atoms with E-state index in [9.17, 15) is 4.79 Å². The molecule has 3 heterocycles. The third-order valence-electron chi connectivity index (χ3n) is 5.58. The van der Waals surface area contributed by atoms with Crippen molar-refractivity contribution in [3.8, 4) is 23.0 Å². The molecule has 7 nitrogen and oxygen atoms in total. The van der Waals surface area contributed by atoms with Crippen LogP contribution in [0.1, 0.15) is 16.3 Å². The standard InChI is InChI=1S/C26H23N3O4S2/c1-16-21(27-24(33-16)19-10-6-12-22(31-2)23(19)32-3)15-35-26-28-20-11-5-4-9-18(20)25(30)29(26)14-17-8-7-13-34-17/h4-13H,14-15H2,1-3H3. The van der Waals surface area contributed by atoms with Crippen LogP contribution in [0.2, 0.25) is 0 Å². The molecule has 178 valence electrons. The van der Waals surface area contributed by atoms with Gasteiger partial charge in [0.25, 0.3) is 5.56 Å². The van der Waals surface area contributed by atoms with Crippen molar-refractivity contribution in [1.82, 2.24) is 14.5 Å². The largest absolute Gasteiger partial charge is 0.493 e. The molecule has 0 aliphatic carbocycles. The summed E-state index contributed by atoms with van der Waals surface area (Å²) < 4.78 is 18.7. The maximum atomic E-state index is 13.3. The monoisotopic (exact) mass is 505 g/mol. The summed E-state index contributed by atoms with van der Waals surface area (Å²) in [5, 5.41) is 3.26. The number of aromatic nitrogens is 3. The molecular weight excluding hydrogens is 482 g/mol. The molecule has 5 aromatic rings. The van der Waals surface area contributed by atoms with Gasteiger partial charge in [-0.25, -0.2) is 9.97 Å². The van der Waals surface area contributed by atoms with Gasteiger partial charge in [-0.3, -0.25) is 9.36 Å². The van der Waals surface area contributed by atoms with E-state index in [0.717, 1.165) is 10.6 Å². The van der Waals surface area contributed by atoms with Crippen LogP contribution in [0.5, 0.6) is 11.5 Å². The minimum Gasteiger partial charge on any atom is -0.493 e. The fraction of sp³-hybridized carbons (Fsp3) is 0.192. The van der Waals surface area contributed by atoms with Crippen molar-refractivity contribution in [3.05, 3.63) is 86.7 Å². The summed E-state index contributed by atoms with van der Waals surface area (Å²) in [6, 6.07) is 17.0. The Balaban J connectivity index is 1.49. The van der Waals surface area contributed by atoms with Gasteiger partial charge in [0.05, 0.1) is 42.9 Å². The summed E-state index contributed by atoms with van der Waals surface area (Å²) in [6.07, 6.45) is 0. The highest BCUT2D eigenvalue weighted by molar-refractivity contribution is 7.98. The number of ether oxygens (including phenoxy) is 2. The van der Waals surface area contributed by atoms with Crippen molar-refractivity contribution >= 4 is 34.0 Å². The number of para-hydroxylation sites is 2. The molecule has 5 rings (SSSR count). The number of benzene rings is 2. The van der Waals surface area contributed by atoms with Crippen LogP contribution in [-0.4, -0.2) is 28.8 Å². The second-order valence-corrected chi connectivity index (χ2v) is 9.71. The Labute approximate surface area is 210 Å². The average Bonchev–Trinajstić information content (AvgIpc) is 3.53. The zero-order valence-corrected chi connectivity index (χ0v) is 21.1. The molecule has 9 heteroatoms. The van der Waals surface area contributed by atoms with Crippen molar-refractivity contribution in [2.45, 2.75) is 24.4 Å². The molecule has 0 saturated carbocycles.